The van der Waals surface area contributed by atoms with Crippen molar-refractivity contribution in [1.29, 1.82) is 0 Å². The third-order valence-electron chi connectivity index (χ3n) is 6.27. The average molecular weight is 452 g/mol. The number of nitrogens with one attached hydrogen (secondary N) is 1. The zero-order valence-electron chi connectivity index (χ0n) is 18.4. The van der Waals surface area contributed by atoms with Crippen LogP contribution in [-0.4, -0.2) is 54.8 Å². The molecule has 8 heteroatoms. The number of hydrogen-bond donors (Lipinski definition) is 1. The van der Waals surface area contributed by atoms with Gasteiger partial charge in [-0.2, -0.15) is 9.61 Å². The van der Waals surface area contributed by atoms with Gasteiger partial charge in [0.1, 0.15) is 21.5 Å². The summed E-state index contributed by atoms with van der Waals surface area (Å²) in [5, 5.41) is 8.69. The smallest absolute Gasteiger partial charge is 0.150 e. The van der Waals surface area contributed by atoms with Crippen molar-refractivity contribution in [2.24, 2.45) is 5.92 Å². The summed E-state index contributed by atoms with van der Waals surface area (Å²) in [4.78, 5) is 7.21. The van der Waals surface area contributed by atoms with Crippen molar-refractivity contribution >= 4 is 49.7 Å². The number of hydrogen-bond acceptors (Lipinski definition) is 4. The van der Waals surface area contributed by atoms with Crippen LogP contribution in [0, 0.1) is 5.92 Å². The van der Waals surface area contributed by atoms with Gasteiger partial charge in [-0.1, -0.05) is 59.5 Å². The number of likely N-dealkylation sites (tertiary alicyclic amines) is 1. The molecule has 1 aliphatic rings. The van der Waals surface area contributed by atoms with Crippen molar-refractivity contribution < 1.29 is 0 Å². The first-order valence-corrected chi connectivity index (χ1v) is 11.6. The van der Waals surface area contributed by atoms with Crippen LogP contribution >= 0.6 is 11.6 Å². The molecule has 5 rings (SSSR count). The fourth-order valence-electron chi connectivity index (χ4n) is 4.54. The molecule has 1 N–H and O–H groups in total. The van der Waals surface area contributed by atoms with Crippen LogP contribution in [0.15, 0.2) is 60.8 Å². The molecule has 0 aliphatic carbocycles. The van der Waals surface area contributed by atoms with Crippen LogP contribution in [0.4, 0.5) is 5.82 Å². The first kappa shape index (κ1) is 22.1. The van der Waals surface area contributed by atoms with E-state index in [1.165, 1.54) is 18.4 Å². The number of aromatic nitrogens is 3. The zero-order chi connectivity index (χ0) is 22.8. The van der Waals surface area contributed by atoms with Crippen molar-refractivity contribution in [3.8, 4) is 11.3 Å². The second-order valence-corrected chi connectivity index (χ2v) is 9.07. The Balaban J connectivity index is 1.34. The molecule has 0 amide bonds. The van der Waals surface area contributed by atoms with Crippen molar-refractivity contribution in [2.45, 2.75) is 19.4 Å². The van der Waals surface area contributed by atoms with Gasteiger partial charge in [0.25, 0.3) is 0 Å². The molecule has 0 saturated carbocycles. The molecule has 33 heavy (non-hydrogen) atoms. The Kier molecular flexibility index (Phi) is 6.43. The Hall–Kier alpha value is -2.76. The standard InChI is InChI=1S/C25H24B2ClN5/c26-20-9-3-1-7-18(20)16-32-11-5-6-17(15-32)13-29-24-12-23(19-8-2-4-10-22(19)28)31-25-21(27)14-30-33(24)25/h1-4,7-10,12,14,17,29H,5-6,11,13,15-16H2. The summed E-state index contributed by atoms with van der Waals surface area (Å²) in [6.45, 7) is 3.83. The van der Waals surface area contributed by atoms with E-state index in [2.05, 4.69) is 27.4 Å². The van der Waals surface area contributed by atoms with E-state index in [0.29, 0.717) is 22.1 Å². The molecule has 4 radical (unpaired) electrons. The third kappa shape index (κ3) is 4.80. The molecule has 0 bridgehead atoms. The Morgan fingerprint density at radius 2 is 1.88 bits per heavy atom. The number of anilines is 1. The molecule has 1 fully saturated rings. The maximum atomic E-state index is 6.44. The van der Waals surface area contributed by atoms with Crippen LogP contribution in [0.3, 0.4) is 0 Å². The number of nitrogens with zero attached hydrogens (tertiary/aromatic N) is 4. The number of piperidine rings is 1. The summed E-state index contributed by atoms with van der Waals surface area (Å²) in [7, 11) is 12.3. The van der Waals surface area contributed by atoms with E-state index in [4.69, 9.17) is 32.3 Å². The molecule has 1 saturated heterocycles. The fourth-order valence-corrected chi connectivity index (χ4v) is 4.77. The summed E-state index contributed by atoms with van der Waals surface area (Å²) < 4.78 is 1.76. The molecule has 2 aromatic heterocycles. The molecule has 1 unspecified atom stereocenters. The van der Waals surface area contributed by atoms with Crippen molar-refractivity contribution in [3.05, 3.63) is 71.4 Å². The average Bonchev–Trinajstić information content (AvgIpc) is 3.20. The number of benzene rings is 2. The van der Waals surface area contributed by atoms with Crippen LogP contribution in [0.5, 0.6) is 0 Å². The summed E-state index contributed by atoms with van der Waals surface area (Å²) in [5.41, 5.74) is 4.86. The van der Waals surface area contributed by atoms with Gasteiger partial charge >= 0.3 is 0 Å². The Labute approximate surface area is 202 Å². The van der Waals surface area contributed by atoms with E-state index < -0.39 is 0 Å². The second-order valence-electron chi connectivity index (χ2n) is 8.66. The molecule has 1 aliphatic heterocycles. The SMILES string of the molecule is [B]c1ccccc1CN1CCCC(CNc2cc(-c3ccccc3Cl)nc3c([B])cnn23)C1. The highest BCUT2D eigenvalue weighted by molar-refractivity contribution is 6.36. The molecule has 1 atom stereocenters. The van der Waals surface area contributed by atoms with Gasteiger partial charge in [0.2, 0.25) is 0 Å². The van der Waals surface area contributed by atoms with E-state index >= 15 is 0 Å². The van der Waals surface area contributed by atoms with Gasteiger partial charge in [-0.15, -0.1) is 0 Å². The van der Waals surface area contributed by atoms with Gasteiger partial charge in [0.15, 0.2) is 5.65 Å². The fraction of sp³-hybridized carbons (Fsp3) is 0.280. The number of halogens is 1. The highest BCUT2D eigenvalue weighted by Gasteiger charge is 2.21. The van der Waals surface area contributed by atoms with Gasteiger partial charge in [0.05, 0.1) is 5.69 Å². The molecule has 2 aromatic carbocycles. The van der Waals surface area contributed by atoms with Crippen LogP contribution < -0.4 is 16.2 Å². The van der Waals surface area contributed by atoms with Gasteiger partial charge in [-0.05, 0) is 42.4 Å². The Morgan fingerprint density at radius 1 is 1.06 bits per heavy atom. The van der Waals surface area contributed by atoms with Crippen LogP contribution in [0.25, 0.3) is 16.9 Å². The summed E-state index contributed by atoms with van der Waals surface area (Å²) in [5.74, 6) is 1.37. The zero-order valence-corrected chi connectivity index (χ0v) is 19.2. The summed E-state index contributed by atoms with van der Waals surface area (Å²) in [6.07, 6.45) is 3.99. The van der Waals surface area contributed by atoms with Crippen LogP contribution in [-0.2, 0) is 6.54 Å². The van der Waals surface area contributed by atoms with Crippen molar-refractivity contribution in [2.75, 3.05) is 25.0 Å². The predicted molar refractivity (Wildman–Crippen MR) is 137 cm³/mol. The lowest BCUT2D eigenvalue weighted by molar-refractivity contribution is 0.173. The van der Waals surface area contributed by atoms with Crippen molar-refractivity contribution in [3.63, 3.8) is 0 Å². The lowest BCUT2D eigenvalue weighted by atomic mass is 9.89. The van der Waals surface area contributed by atoms with Crippen molar-refractivity contribution in [1.82, 2.24) is 19.5 Å². The molecule has 0 spiro atoms. The second kappa shape index (κ2) is 9.62. The largest absolute Gasteiger partial charge is 0.370 e. The molecule has 4 aromatic rings. The van der Waals surface area contributed by atoms with E-state index in [9.17, 15) is 0 Å². The summed E-state index contributed by atoms with van der Waals surface area (Å²) >= 11 is 6.44. The van der Waals surface area contributed by atoms with Crippen LogP contribution in [0.2, 0.25) is 5.02 Å². The van der Waals surface area contributed by atoms with E-state index in [0.717, 1.165) is 48.7 Å². The number of fused-ring (bicyclic) bond motifs is 1. The van der Waals surface area contributed by atoms with E-state index in [1.54, 1.807) is 10.7 Å². The molecular weight excluding hydrogens is 427 g/mol. The van der Waals surface area contributed by atoms with Crippen LogP contribution in [0.1, 0.15) is 18.4 Å². The first-order chi connectivity index (χ1) is 16.1. The lowest BCUT2D eigenvalue weighted by Crippen LogP contribution is -2.38. The minimum absolute atomic E-state index is 0.517. The maximum Gasteiger partial charge on any atom is 0.150 e. The lowest BCUT2D eigenvalue weighted by Gasteiger charge is -2.33. The minimum Gasteiger partial charge on any atom is -0.370 e. The minimum atomic E-state index is 0.517. The van der Waals surface area contributed by atoms with E-state index in [-0.39, 0.29) is 0 Å². The monoisotopic (exact) mass is 451 g/mol. The number of rotatable bonds is 6. The van der Waals surface area contributed by atoms with Gasteiger partial charge in [-0.3, -0.25) is 4.90 Å². The quantitative estimate of drug-likeness (QED) is 0.458. The normalized spacial score (nSPS) is 16.8. The van der Waals surface area contributed by atoms with Gasteiger partial charge in [-0.25, -0.2) is 4.98 Å². The van der Waals surface area contributed by atoms with Gasteiger partial charge < -0.3 is 5.32 Å². The third-order valence-corrected chi connectivity index (χ3v) is 6.60. The van der Waals surface area contributed by atoms with Gasteiger partial charge in [0, 0.05) is 42.5 Å². The predicted octanol–water partition coefficient (Wildman–Crippen LogP) is 2.96. The molecule has 3 heterocycles. The molecule has 5 nitrogen and oxygen atoms in total. The molecular formula is C25H24B2ClN5. The maximum absolute atomic E-state index is 6.44. The Morgan fingerprint density at radius 3 is 2.73 bits per heavy atom. The van der Waals surface area contributed by atoms with E-state index in [1.807, 2.05) is 42.5 Å². The topological polar surface area (TPSA) is 45.5 Å². The Bertz CT molecular complexity index is 1270. The molecule has 162 valence electrons. The summed E-state index contributed by atoms with van der Waals surface area (Å²) in [6, 6.07) is 17.8. The highest BCUT2D eigenvalue weighted by atomic mass is 35.5. The first-order valence-electron chi connectivity index (χ1n) is 11.3. The highest BCUT2D eigenvalue weighted by Crippen LogP contribution is 2.28.